The summed E-state index contributed by atoms with van der Waals surface area (Å²) in [4.78, 5) is 8.21. The second kappa shape index (κ2) is 6.15. The number of H-pyrrole nitrogens is 1. The van der Waals surface area contributed by atoms with Gasteiger partial charge in [-0.15, -0.1) is 22.7 Å². The normalized spacial score (nSPS) is 11.3. The number of halogens is 2. The molecule has 0 aliphatic carbocycles. The van der Waals surface area contributed by atoms with Gasteiger partial charge in [-0.2, -0.15) is 10.5 Å². The van der Waals surface area contributed by atoms with Gasteiger partial charge in [0.25, 0.3) is 0 Å². The van der Waals surface area contributed by atoms with Crippen LogP contribution in [0.1, 0.15) is 11.1 Å². The molecule has 0 fully saturated rings. The summed E-state index contributed by atoms with van der Waals surface area (Å²) < 4.78 is 4.25. The van der Waals surface area contributed by atoms with Crippen LogP contribution >= 0.6 is 54.5 Å². The molecule has 0 spiro atoms. The molecular weight excluding hydrogens is 508 g/mol. The van der Waals surface area contributed by atoms with Crippen molar-refractivity contribution in [1.29, 1.82) is 10.5 Å². The van der Waals surface area contributed by atoms with E-state index in [0.717, 1.165) is 38.8 Å². The number of fused-ring (bicyclic) bond motifs is 6. The molecule has 0 radical (unpaired) electrons. The summed E-state index contributed by atoms with van der Waals surface area (Å²) in [5.74, 6) is 0.543. The topological polar surface area (TPSA) is 76.3 Å². The van der Waals surface area contributed by atoms with E-state index in [4.69, 9.17) is 4.98 Å². The smallest absolute Gasteiger partial charge is 0.141 e. The van der Waals surface area contributed by atoms with E-state index in [1.54, 1.807) is 40.9 Å². The number of hydrogen-bond donors (Lipinski definition) is 1. The third-order valence-corrected chi connectivity index (χ3v) is 7.68. The Labute approximate surface area is 177 Å². The van der Waals surface area contributed by atoms with Crippen molar-refractivity contribution < 1.29 is 0 Å². The first-order valence-electron chi connectivity index (χ1n) is 7.74. The monoisotopic (exact) mass is 512 g/mol. The Morgan fingerprint density at radius 2 is 1.52 bits per heavy atom. The molecule has 2 aromatic carbocycles. The Morgan fingerprint density at radius 1 is 0.926 bits per heavy atom. The molecule has 5 rings (SSSR count). The summed E-state index contributed by atoms with van der Waals surface area (Å²) in [5.41, 5.74) is 3.19. The van der Waals surface area contributed by atoms with Crippen LogP contribution in [0.25, 0.3) is 42.6 Å². The van der Waals surface area contributed by atoms with E-state index in [0.29, 0.717) is 22.5 Å². The molecule has 3 aromatic heterocycles. The van der Waals surface area contributed by atoms with Gasteiger partial charge in [0.15, 0.2) is 0 Å². The molecule has 1 N–H and O–H groups in total. The summed E-state index contributed by atoms with van der Waals surface area (Å²) in [7, 11) is 0. The van der Waals surface area contributed by atoms with Gasteiger partial charge >= 0.3 is 0 Å². The number of nitrogens with one attached hydrogen (secondary N) is 1. The first kappa shape index (κ1) is 16.9. The molecule has 4 nitrogen and oxygen atoms in total. The molecule has 3 heterocycles. The molecule has 8 heteroatoms. The van der Waals surface area contributed by atoms with Crippen LogP contribution in [0, 0.1) is 22.7 Å². The van der Waals surface area contributed by atoms with Crippen molar-refractivity contribution in [3.63, 3.8) is 0 Å². The van der Waals surface area contributed by atoms with E-state index in [1.165, 1.54) is 0 Å². The van der Waals surface area contributed by atoms with E-state index < -0.39 is 0 Å². The van der Waals surface area contributed by atoms with Crippen molar-refractivity contribution in [1.82, 2.24) is 9.97 Å². The first-order chi connectivity index (χ1) is 13.1. The zero-order chi connectivity index (χ0) is 18.7. The molecule has 27 heavy (non-hydrogen) atoms. The number of thiophene rings is 2. The molecule has 0 unspecified atom stereocenters. The van der Waals surface area contributed by atoms with Crippen molar-refractivity contribution >= 4 is 85.7 Å². The van der Waals surface area contributed by atoms with Crippen LogP contribution in [0.3, 0.4) is 0 Å². The van der Waals surface area contributed by atoms with Crippen molar-refractivity contribution in [3.05, 3.63) is 49.0 Å². The van der Waals surface area contributed by atoms with Crippen molar-refractivity contribution in [2.24, 2.45) is 0 Å². The molecule has 0 atom stereocenters. The van der Waals surface area contributed by atoms with Gasteiger partial charge in [0.1, 0.15) is 11.3 Å². The van der Waals surface area contributed by atoms with Crippen LogP contribution in [0.4, 0.5) is 0 Å². The highest BCUT2D eigenvalue weighted by molar-refractivity contribution is 9.11. The molecule has 128 valence electrons. The summed E-state index contributed by atoms with van der Waals surface area (Å²) in [6.45, 7) is 0. The van der Waals surface area contributed by atoms with Gasteiger partial charge in [-0.3, -0.25) is 0 Å². The van der Waals surface area contributed by atoms with E-state index >= 15 is 0 Å². The van der Waals surface area contributed by atoms with Gasteiger partial charge in [-0.05, 0) is 56.1 Å². The summed E-state index contributed by atoms with van der Waals surface area (Å²) in [6, 6.07) is 13.7. The lowest BCUT2D eigenvalue weighted by atomic mass is 10.0. The van der Waals surface area contributed by atoms with Crippen LogP contribution in [0.15, 0.2) is 37.9 Å². The van der Waals surface area contributed by atoms with Crippen molar-refractivity contribution in [3.8, 4) is 23.5 Å². The van der Waals surface area contributed by atoms with Crippen LogP contribution < -0.4 is 0 Å². The highest BCUT2D eigenvalue weighted by Gasteiger charge is 2.20. The van der Waals surface area contributed by atoms with E-state index in [1.807, 2.05) is 0 Å². The quantitative estimate of drug-likeness (QED) is 0.264. The number of aromatic amines is 1. The fourth-order valence-electron chi connectivity index (χ4n) is 3.30. The average Bonchev–Trinajstić information content (AvgIpc) is 3.36. The fourth-order valence-corrected chi connectivity index (χ4v) is 6.52. The van der Waals surface area contributed by atoms with Gasteiger partial charge in [-0.25, -0.2) is 4.98 Å². The Balaban J connectivity index is 1.97. The number of hydrogen-bond acceptors (Lipinski definition) is 5. The summed E-state index contributed by atoms with van der Waals surface area (Å²) >= 11 is 10.4. The third kappa shape index (κ3) is 2.45. The Morgan fingerprint density at radius 3 is 2.15 bits per heavy atom. The summed E-state index contributed by atoms with van der Waals surface area (Å²) in [5, 5.41) is 21.3. The zero-order valence-electron chi connectivity index (χ0n) is 13.3. The molecule has 0 saturated carbocycles. The maximum atomic E-state index is 9.52. The SMILES string of the molecule is N#Cc1cccc(C#N)c1-c1nc2c([nH]1)c1sc(Br)cc1c1cc(Br)sc12. The highest BCUT2D eigenvalue weighted by atomic mass is 79.9. The molecule has 5 aromatic rings. The molecule has 0 aliphatic rings. The number of rotatable bonds is 1. The second-order valence-electron chi connectivity index (χ2n) is 5.85. The average molecular weight is 514 g/mol. The Kier molecular flexibility index (Phi) is 3.85. The van der Waals surface area contributed by atoms with E-state index in [9.17, 15) is 10.5 Å². The maximum Gasteiger partial charge on any atom is 0.141 e. The Hall–Kier alpha value is -2.23. The van der Waals surface area contributed by atoms with Crippen LogP contribution in [0.5, 0.6) is 0 Å². The van der Waals surface area contributed by atoms with Gasteiger partial charge in [0.05, 0.1) is 51.3 Å². The highest BCUT2D eigenvalue weighted by Crippen LogP contribution is 2.45. The molecule has 0 amide bonds. The van der Waals surface area contributed by atoms with Gasteiger partial charge < -0.3 is 4.98 Å². The number of benzene rings is 2. The fraction of sp³-hybridized carbons (Fsp3) is 0. The van der Waals surface area contributed by atoms with E-state index in [-0.39, 0.29) is 0 Å². The van der Waals surface area contributed by atoms with Crippen LogP contribution in [-0.4, -0.2) is 9.97 Å². The van der Waals surface area contributed by atoms with Crippen molar-refractivity contribution in [2.75, 3.05) is 0 Å². The van der Waals surface area contributed by atoms with Gasteiger partial charge in [0, 0.05) is 10.8 Å². The van der Waals surface area contributed by atoms with Crippen molar-refractivity contribution in [2.45, 2.75) is 0 Å². The number of imidazole rings is 1. The molecular formula is C19H6Br2N4S2. The zero-order valence-corrected chi connectivity index (χ0v) is 18.1. The molecule has 0 saturated heterocycles. The molecule has 0 bridgehead atoms. The third-order valence-electron chi connectivity index (χ3n) is 4.38. The predicted molar refractivity (Wildman–Crippen MR) is 117 cm³/mol. The number of aromatic nitrogens is 2. The Bertz CT molecular complexity index is 1370. The number of nitriles is 2. The lowest BCUT2D eigenvalue weighted by Gasteiger charge is -2.02. The van der Waals surface area contributed by atoms with Crippen LogP contribution in [-0.2, 0) is 0 Å². The van der Waals surface area contributed by atoms with E-state index in [2.05, 4.69) is 61.1 Å². The van der Waals surface area contributed by atoms with Gasteiger partial charge in [0.2, 0.25) is 0 Å². The second-order valence-corrected chi connectivity index (χ2v) is 10.7. The summed E-state index contributed by atoms with van der Waals surface area (Å²) in [6.07, 6.45) is 0. The predicted octanol–water partition coefficient (Wildman–Crippen LogP) is 6.93. The van der Waals surface area contributed by atoms with Gasteiger partial charge in [-0.1, -0.05) is 6.07 Å². The number of nitrogens with zero attached hydrogens (tertiary/aromatic N) is 3. The minimum Gasteiger partial charge on any atom is -0.337 e. The lowest BCUT2D eigenvalue weighted by molar-refractivity contribution is 1.31. The standard InChI is InChI=1S/C19H6Br2N4S2/c20-12-4-10-11-5-13(21)27-18(11)16-15(17(10)26-12)24-19(25-16)14-8(6-22)2-1-3-9(14)7-23/h1-5H,(H,24,25). The minimum atomic E-state index is 0.431. The molecule has 0 aliphatic heterocycles. The lowest BCUT2D eigenvalue weighted by Crippen LogP contribution is -1.91. The van der Waals surface area contributed by atoms with Crippen LogP contribution in [0.2, 0.25) is 0 Å². The first-order valence-corrected chi connectivity index (χ1v) is 11.0. The maximum absolute atomic E-state index is 9.52. The largest absolute Gasteiger partial charge is 0.337 e. The minimum absolute atomic E-state index is 0.431.